The largest absolute Gasteiger partial charge is 0.345 e. The fourth-order valence-corrected chi connectivity index (χ4v) is 3.24. The number of halogens is 1. The molecule has 4 nitrogen and oxygen atoms in total. The highest BCUT2D eigenvalue weighted by Gasteiger charge is 2.25. The molecule has 20 heavy (non-hydrogen) atoms. The number of hydrogen-bond acceptors (Lipinski definition) is 2. The maximum Gasteiger partial charge on any atom is 0.270 e. The predicted octanol–water partition coefficient (Wildman–Crippen LogP) is 2.64. The Morgan fingerprint density at radius 2 is 2.30 bits per heavy atom. The Morgan fingerprint density at radius 1 is 1.55 bits per heavy atom. The number of aryl methyl sites for hydroxylation is 1. The van der Waals surface area contributed by atoms with E-state index in [-0.39, 0.29) is 5.91 Å². The van der Waals surface area contributed by atoms with Gasteiger partial charge in [0.25, 0.3) is 5.91 Å². The number of carbonyl (C=O) groups excluding carboxylic acids is 1. The summed E-state index contributed by atoms with van der Waals surface area (Å²) in [5.74, 6) is 0.714. The van der Waals surface area contributed by atoms with E-state index in [2.05, 4.69) is 35.1 Å². The van der Waals surface area contributed by atoms with Gasteiger partial charge in [-0.2, -0.15) is 0 Å². The zero-order chi connectivity index (χ0) is 14.7. The van der Waals surface area contributed by atoms with Gasteiger partial charge in [-0.1, -0.05) is 13.8 Å². The second-order valence-corrected chi connectivity index (χ2v) is 6.89. The smallest absolute Gasteiger partial charge is 0.270 e. The molecule has 1 aliphatic rings. The van der Waals surface area contributed by atoms with Crippen molar-refractivity contribution in [2.45, 2.75) is 32.7 Å². The monoisotopic (exact) mass is 341 g/mol. The van der Waals surface area contributed by atoms with E-state index in [1.807, 2.05) is 28.8 Å². The van der Waals surface area contributed by atoms with Crippen LogP contribution in [0.4, 0.5) is 0 Å². The summed E-state index contributed by atoms with van der Waals surface area (Å²) in [5.41, 5.74) is 0.759. The molecule has 2 rings (SSSR count). The summed E-state index contributed by atoms with van der Waals surface area (Å²) in [5, 5.41) is 3.48. The van der Waals surface area contributed by atoms with Gasteiger partial charge in [-0.3, -0.25) is 4.79 Å². The Kier molecular flexibility index (Phi) is 5.27. The van der Waals surface area contributed by atoms with E-state index in [0.29, 0.717) is 12.0 Å². The molecule has 1 aliphatic heterocycles. The van der Waals surface area contributed by atoms with Gasteiger partial charge in [-0.05, 0) is 47.3 Å². The lowest BCUT2D eigenvalue weighted by Gasteiger charge is -2.33. The van der Waals surface area contributed by atoms with E-state index in [1.165, 1.54) is 6.42 Å². The zero-order valence-electron chi connectivity index (χ0n) is 12.5. The van der Waals surface area contributed by atoms with Gasteiger partial charge >= 0.3 is 0 Å². The summed E-state index contributed by atoms with van der Waals surface area (Å²) < 4.78 is 2.85. The van der Waals surface area contributed by atoms with Crippen LogP contribution in [0.15, 0.2) is 16.7 Å². The van der Waals surface area contributed by atoms with E-state index in [9.17, 15) is 4.79 Å². The molecule has 0 radical (unpaired) electrons. The summed E-state index contributed by atoms with van der Waals surface area (Å²) in [4.78, 5) is 14.6. The van der Waals surface area contributed by atoms with Crippen LogP contribution in [0.1, 0.15) is 37.2 Å². The molecule has 1 saturated heterocycles. The van der Waals surface area contributed by atoms with Crippen molar-refractivity contribution in [2.24, 2.45) is 13.0 Å². The molecular weight excluding hydrogens is 318 g/mol. The zero-order valence-corrected chi connectivity index (χ0v) is 14.1. The van der Waals surface area contributed by atoms with Gasteiger partial charge in [0.2, 0.25) is 0 Å². The second-order valence-electron chi connectivity index (χ2n) is 5.98. The third-order valence-corrected chi connectivity index (χ3v) is 4.25. The van der Waals surface area contributed by atoms with E-state index >= 15 is 0 Å². The summed E-state index contributed by atoms with van der Waals surface area (Å²) in [7, 11) is 1.92. The van der Waals surface area contributed by atoms with E-state index < -0.39 is 0 Å². The van der Waals surface area contributed by atoms with Crippen LogP contribution in [0.3, 0.4) is 0 Å². The SMILES string of the molecule is CC(C)NCC1CCCN(C(=O)c2cc(Br)cn2C)C1. The number of piperidine rings is 1. The highest BCUT2D eigenvalue weighted by molar-refractivity contribution is 9.10. The maximum atomic E-state index is 12.6. The highest BCUT2D eigenvalue weighted by atomic mass is 79.9. The minimum absolute atomic E-state index is 0.146. The molecule has 1 unspecified atom stereocenters. The van der Waals surface area contributed by atoms with Crippen molar-refractivity contribution >= 4 is 21.8 Å². The fraction of sp³-hybridized carbons (Fsp3) is 0.667. The highest BCUT2D eigenvalue weighted by Crippen LogP contribution is 2.20. The van der Waals surface area contributed by atoms with Crippen molar-refractivity contribution < 1.29 is 4.79 Å². The number of amides is 1. The molecule has 0 aliphatic carbocycles. The first-order valence-electron chi connectivity index (χ1n) is 7.32. The number of carbonyl (C=O) groups is 1. The van der Waals surface area contributed by atoms with Crippen molar-refractivity contribution in [3.63, 3.8) is 0 Å². The van der Waals surface area contributed by atoms with Gasteiger partial charge in [0.15, 0.2) is 0 Å². The minimum atomic E-state index is 0.146. The lowest BCUT2D eigenvalue weighted by Crippen LogP contribution is -2.44. The van der Waals surface area contributed by atoms with Crippen molar-refractivity contribution in [2.75, 3.05) is 19.6 Å². The molecule has 1 aromatic rings. The number of likely N-dealkylation sites (tertiary alicyclic amines) is 1. The molecule has 1 N–H and O–H groups in total. The second kappa shape index (κ2) is 6.76. The average Bonchev–Trinajstić information content (AvgIpc) is 2.75. The summed E-state index contributed by atoms with van der Waals surface area (Å²) in [6.07, 6.45) is 4.23. The van der Waals surface area contributed by atoms with E-state index in [1.54, 1.807) is 0 Å². The Labute approximate surface area is 129 Å². The van der Waals surface area contributed by atoms with E-state index in [0.717, 1.165) is 36.2 Å². The number of hydrogen-bond donors (Lipinski definition) is 1. The first-order valence-corrected chi connectivity index (χ1v) is 8.11. The van der Waals surface area contributed by atoms with Crippen molar-refractivity contribution in [3.05, 3.63) is 22.4 Å². The lowest BCUT2D eigenvalue weighted by atomic mass is 9.97. The molecule has 5 heteroatoms. The van der Waals surface area contributed by atoms with Crippen LogP contribution in [-0.4, -0.2) is 41.1 Å². The van der Waals surface area contributed by atoms with Crippen molar-refractivity contribution in [1.29, 1.82) is 0 Å². The minimum Gasteiger partial charge on any atom is -0.345 e. The Bertz CT molecular complexity index is 470. The third-order valence-electron chi connectivity index (χ3n) is 3.81. The van der Waals surface area contributed by atoms with Crippen LogP contribution >= 0.6 is 15.9 Å². The first-order chi connectivity index (χ1) is 9.47. The molecule has 2 heterocycles. The molecule has 1 aromatic heterocycles. The van der Waals surface area contributed by atoms with Gasteiger partial charge in [0.05, 0.1) is 0 Å². The van der Waals surface area contributed by atoms with Gasteiger partial charge in [-0.25, -0.2) is 0 Å². The van der Waals surface area contributed by atoms with Gasteiger partial charge in [0.1, 0.15) is 5.69 Å². The summed E-state index contributed by atoms with van der Waals surface area (Å²) >= 11 is 3.43. The van der Waals surface area contributed by atoms with Crippen LogP contribution in [0.25, 0.3) is 0 Å². The average molecular weight is 342 g/mol. The van der Waals surface area contributed by atoms with Crippen LogP contribution in [-0.2, 0) is 7.05 Å². The molecule has 1 atom stereocenters. The number of rotatable bonds is 4. The maximum absolute atomic E-state index is 12.6. The normalized spacial score (nSPS) is 19.6. The topological polar surface area (TPSA) is 37.3 Å². The molecule has 0 aromatic carbocycles. The Balaban J connectivity index is 1.98. The van der Waals surface area contributed by atoms with Gasteiger partial charge < -0.3 is 14.8 Å². The summed E-state index contributed by atoms with van der Waals surface area (Å²) in [6, 6.07) is 2.41. The molecular formula is C15H24BrN3O. The predicted molar refractivity (Wildman–Crippen MR) is 84.9 cm³/mol. The fourth-order valence-electron chi connectivity index (χ4n) is 2.72. The standard InChI is InChI=1S/C15H24BrN3O/c1-11(2)17-8-12-5-4-6-19(9-12)15(20)14-7-13(16)10-18(14)3/h7,10-12,17H,4-6,8-9H2,1-3H3. The van der Waals surface area contributed by atoms with Gasteiger partial charge in [0, 0.05) is 36.8 Å². The number of aromatic nitrogens is 1. The molecule has 1 fully saturated rings. The molecule has 0 saturated carbocycles. The molecule has 0 bridgehead atoms. The van der Waals surface area contributed by atoms with Crippen LogP contribution in [0, 0.1) is 5.92 Å². The Morgan fingerprint density at radius 3 is 2.90 bits per heavy atom. The van der Waals surface area contributed by atoms with E-state index in [4.69, 9.17) is 0 Å². The van der Waals surface area contributed by atoms with Gasteiger partial charge in [-0.15, -0.1) is 0 Å². The molecule has 112 valence electrons. The molecule has 0 spiro atoms. The lowest BCUT2D eigenvalue weighted by molar-refractivity contribution is 0.0662. The Hall–Kier alpha value is -0.810. The third kappa shape index (κ3) is 3.85. The number of nitrogens with zero attached hydrogens (tertiary/aromatic N) is 2. The van der Waals surface area contributed by atoms with Crippen molar-refractivity contribution in [1.82, 2.24) is 14.8 Å². The summed E-state index contributed by atoms with van der Waals surface area (Å²) in [6.45, 7) is 7.06. The quantitative estimate of drug-likeness (QED) is 0.913. The van der Waals surface area contributed by atoms with Crippen LogP contribution in [0.5, 0.6) is 0 Å². The van der Waals surface area contributed by atoms with Crippen molar-refractivity contribution in [3.8, 4) is 0 Å². The van der Waals surface area contributed by atoms with Crippen LogP contribution in [0.2, 0.25) is 0 Å². The van der Waals surface area contributed by atoms with Crippen LogP contribution < -0.4 is 5.32 Å². The molecule has 1 amide bonds. The first kappa shape index (κ1) is 15.6. The number of nitrogens with one attached hydrogen (secondary N) is 1.